The van der Waals surface area contributed by atoms with Crippen molar-refractivity contribution in [2.24, 2.45) is 0 Å². The quantitative estimate of drug-likeness (QED) is 0.545. The number of thiazole rings is 1. The van der Waals surface area contributed by atoms with Crippen LogP contribution in [0.4, 0.5) is 9.52 Å². The number of hydrogen-bond donors (Lipinski definition) is 2. The SMILES string of the molecule is O=C(CCCNC(=O)c1ccc(F)cc1)Nc1nc(-c2ccc(Cl)cc2)cs1. The standard InChI is InChI=1S/C20H17ClFN3O2S/c21-15-7-3-13(4-8-15)17-12-28-20(24-17)25-18(26)2-1-11-23-19(27)14-5-9-16(22)10-6-14/h3-10,12H,1-2,11H2,(H,23,27)(H,24,25,26). The van der Waals surface area contributed by atoms with Crippen LogP contribution in [0, 0.1) is 5.82 Å². The van der Waals surface area contributed by atoms with Gasteiger partial charge in [0, 0.05) is 34.5 Å². The molecule has 0 saturated carbocycles. The number of benzene rings is 2. The summed E-state index contributed by atoms with van der Waals surface area (Å²) in [6.07, 6.45) is 0.730. The minimum Gasteiger partial charge on any atom is -0.352 e. The van der Waals surface area contributed by atoms with Crippen LogP contribution in [0.5, 0.6) is 0 Å². The minimum atomic E-state index is -0.394. The Balaban J connectivity index is 1.41. The summed E-state index contributed by atoms with van der Waals surface area (Å²) < 4.78 is 12.9. The van der Waals surface area contributed by atoms with Crippen LogP contribution in [0.3, 0.4) is 0 Å². The molecule has 144 valence electrons. The van der Waals surface area contributed by atoms with Crippen LogP contribution in [0.25, 0.3) is 11.3 Å². The first-order valence-electron chi connectivity index (χ1n) is 8.56. The molecule has 0 atom stereocenters. The molecule has 0 bridgehead atoms. The van der Waals surface area contributed by atoms with E-state index in [9.17, 15) is 14.0 Å². The number of halogens is 2. The monoisotopic (exact) mass is 417 g/mol. The number of nitrogens with zero attached hydrogens (tertiary/aromatic N) is 1. The molecule has 0 aliphatic rings. The summed E-state index contributed by atoms with van der Waals surface area (Å²) in [5.74, 6) is -0.865. The summed E-state index contributed by atoms with van der Waals surface area (Å²) >= 11 is 7.22. The van der Waals surface area contributed by atoms with Crippen molar-refractivity contribution in [1.29, 1.82) is 0 Å². The molecule has 8 heteroatoms. The Hall–Kier alpha value is -2.77. The number of amides is 2. The normalized spacial score (nSPS) is 10.5. The molecule has 3 aromatic rings. The lowest BCUT2D eigenvalue weighted by Gasteiger charge is -2.05. The fourth-order valence-corrected chi connectivity index (χ4v) is 3.28. The third-order valence-corrected chi connectivity index (χ3v) is 4.87. The molecule has 28 heavy (non-hydrogen) atoms. The fourth-order valence-electron chi connectivity index (χ4n) is 2.42. The van der Waals surface area contributed by atoms with Crippen molar-refractivity contribution in [2.45, 2.75) is 12.8 Å². The van der Waals surface area contributed by atoms with E-state index in [2.05, 4.69) is 15.6 Å². The first kappa shape index (κ1) is 20.0. The predicted molar refractivity (Wildman–Crippen MR) is 109 cm³/mol. The van der Waals surface area contributed by atoms with E-state index in [0.717, 1.165) is 11.3 Å². The highest BCUT2D eigenvalue weighted by atomic mass is 35.5. The van der Waals surface area contributed by atoms with Crippen LogP contribution in [-0.2, 0) is 4.79 Å². The van der Waals surface area contributed by atoms with Crippen LogP contribution < -0.4 is 10.6 Å². The molecule has 5 nitrogen and oxygen atoms in total. The molecular formula is C20H17ClFN3O2S. The highest BCUT2D eigenvalue weighted by Gasteiger charge is 2.09. The van der Waals surface area contributed by atoms with Gasteiger partial charge in [-0.1, -0.05) is 23.7 Å². The number of carbonyl (C=O) groups excluding carboxylic acids is 2. The van der Waals surface area contributed by atoms with Crippen molar-refractivity contribution in [3.63, 3.8) is 0 Å². The van der Waals surface area contributed by atoms with Crippen LogP contribution in [0.2, 0.25) is 5.02 Å². The van der Waals surface area contributed by atoms with E-state index in [1.807, 2.05) is 17.5 Å². The van der Waals surface area contributed by atoms with Crippen LogP contribution in [0.1, 0.15) is 23.2 Å². The zero-order chi connectivity index (χ0) is 19.9. The zero-order valence-corrected chi connectivity index (χ0v) is 16.3. The van der Waals surface area contributed by atoms with Gasteiger partial charge in [-0.3, -0.25) is 9.59 Å². The summed E-state index contributed by atoms with van der Waals surface area (Å²) in [6, 6.07) is 12.6. The van der Waals surface area contributed by atoms with E-state index in [1.165, 1.54) is 35.6 Å². The molecule has 2 aromatic carbocycles. The van der Waals surface area contributed by atoms with E-state index in [4.69, 9.17) is 11.6 Å². The summed E-state index contributed by atoms with van der Waals surface area (Å²) in [4.78, 5) is 28.3. The fraction of sp³-hybridized carbons (Fsp3) is 0.150. The Morgan fingerprint density at radius 1 is 1.07 bits per heavy atom. The lowest BCUT2D eigenvalue weighted by atomic mass is 10.2. The van der Waals surface area contributed by atoms with Crippen molar-refractivity contribution < 1.29 is 14.0 Å². The van der Waals surface area contributed by atoms with E-state index >= 15 is 0 Å². The lowest BCUT2D eigenvalue weighted by molar-refractivity contribution is -0.116. The Morgan fingerprint density at radius 3 is 2.50 bits per heavy atom. The van der Waals surface area contributed by atoms with Gasteiger partial charge in [0.15, 0.2) is 5.13 Å². The van der Waals surface area contributed by atoms with E-state index < -0.39 is 5.82 Å². The number of nitrogens with one attached hydrogen (secondary N) is 2. The van der Waals surface area contributed by atoms with Gasteiger partial charge in [0.1, 0.15) is 5.82 Å². The smallest absolute Gasteiger partial charge is 0.251 e. The van der Waals surface area contributed by atoms with Gasteiger partial charge in [0.2, 0.25) is 5.91 Å². The third-order valence-electron chi connectivity index (χ3n) is 3.86. The largest absolute Gasteiger partial charge is 0.352 e. The van der Waals surface area contributed by atoms with E-state index in [-0.39, 0.29) is 18.2 Å². The number of anilines is 1. The van der Waals surface area contributed by atoms with Gasteiger partial charge >= 0.3 is 0 Å². The van der Waals surface area contributed by atoms with Gasteiger partial charge in [-0.2, -0.15) is 0 Å². The topological polar surface area (TPSA) is 71.1 Å². The van der Waals surface area contributed by atoms with E-state index in [0.29, 0.717) is 28.7 Å². The van der Waals surface area contributed by atoms with Crippen LogP contribution in [0.15, 0.2) is 53.9 Å². The zero-order valence-electron chi connectivity index (χ0n) is 14.7. The Morgan fingerprint density at radius 2 is 1.79 bits per heavy atom. The molecule has 2 amide bonds. The second kappa shape index (κ2) is 9.43. The van der Waals surface area contributed by atoms with Gasteiger partial charge in [-0.25, -0.2) is 9.37 Å². The first-order valence-corrected chi connectivity index (χ1v) is 9.82. The van der Waals surface area contributed by atoms with Crippen molar-refractivity contribution in [3.8, 4) is 11.3 Å². The molecule has 3 rings (SSSR count). The number of hydrogen-bond acceptors (Lipinski definition) is 4. The number of carbonyl (C=O) groups is 2. The molecule has 1 heterocycles. The summed E-state index contributed by atoms with van der Waals surface area (Å²) in [7, 11) is 0. The molecular weight excluding hydrogens is 401 g/mol. The Kier molecular flexibility index (Phi) is 6.73. The minimum absolute atomic E-state index is 0.173. The second-order valence-electron chi connectivity index (χ2n) is 5.96. The lowest BCUT2D eigenvalue weighted by Crippen LogP contribution is -2.25. The molecule has 0 spiro atoms. The van der Waals surface area contributed by atoms with Crippen molar-refractivity contribution in [1.82, 2.24) is 10.3 Å². The molecule has 0 aliphatic heterocycles. The molecule has 0 fully saturated rings. The average Bonchev–Trinajstić information content (AvgIpc) is 3.14. The number of rotatable bonds is 7. The average molecular weight is 418 g/mol. The molecule has 2 N–H and O–H groups in total. The number of aromatic nitrogens is 1. The molecule has 0 aliphatic carbocycles. The first-order chi connectivity index (χ1) is 13.5. The highest BCUT2D eigenvalue weighted by Crippen LogP contribution is 2.26. The highest BCUT2D eigenvalue weighted by molar-refractivity contribution is 7.14. The van der Waals surface area contributed by atoms with Crippen LogP contribution in [-0.4, -0.2) is 23.3 Å². The van der Waals surface area contributed by atoms with Gasteiger partial charge in [-0.05, 0) is 42.8 Å². The second-order valence-corrected chi connectivity index (χ2v) is 7.25. The Labute approximate surface area is 170 Å². The predicted octanol–water partition coefficient (Wildman–Crippen LogP) is 4.75. The molecule has 0 unspecified atom stereocenters. The summed E-state index contributed by atoms with van der Waals surface area (Å²) in [5.41, 5.74) is 2.07. The van der Waals surface area contributed by atoms with Gasteiger partial charge < -0.3 is 10.6 Å². The van der Waals surface area contributed by atoms with Crippen molar-refractivity contribution in [3.05, 3.63) is 70.3 Å². The van der Waals surface area contributed by atoms with Gasteiger partial charge in [0.05, 0.1) is 5.69 Å². The van der Waals surface area contributed by atoms with E-state index in [1.54, 1.807) is 12.1 Å². The van der Waals surface area contributed by atoms with Crippen LogP contribution >= 0.6 is 22.9 Å². The maximum atomic E-state index is 12.9. The molecule has 0 saturated heterocycles. The molecule has 0 radical (unpaired) electrons. The van der Waals surface area contributed by atoms with Crippen molar-refractivity contribution >= 4 is 39.9 Å². The molecule has 1 aromatic heterocycles. The maximum Gasteiger partial charge on any atom is 0.251 e. The van der Waals surface area contributed by atoms with Gasteiger partial charge in [0.25, 0.3) is 5.91 Å². The Bertz CT molecular complexity index is 958. The van der Waals surface area contributed by atoms with Crippen molar-refractivity contribution in [2.75, 3.05) is 11.9 Å². The third kappa shape index (κ3) is 5.61. The van der Waals surface area contributed by atoms with Gasteiger partial charge in [-0.15, -0.1) is 11.3 Å². The maximum absolute atomic E-state index is 12.9. The summed E-state index contributed by atoms with van der Waals surface area (Å²) in [5, 5.41) is 8.49. The summed E-state index contributed by atoms with van der Waals surface area (Å²) in [6.45, 7) is 0.345.